The van der Waals surface area contributed by atoms with E-state index in [4.69, 9.17) is 5.73 Å². The van der Waals surface area contributed by atoms with E-state index in [1.54, 1.807) is 54.6 Å². The number of amides is 2. The van der Waals surface area contributed by atoms with Gasteiger partial charge >= 0.3 is 10.4 Å². The molecule has 0 saturated carbocycles. The molecule has 1 heterocycles. The number of nitrogen functional groups attached to an aromatic ring is 1. The second-order valence-corrected chi connectivity index (χ2v) is 10.3. The van der Waals surface area contributed by atoms with Gasteiger partial charge in [-0.25, -0.2) is 0 Å². The first kappa shape index (κ1) is 21.9. The predicted octanol–water partition coefficient (Wildman–Crippen LogP) is 4.31. The van der Waals surface area contributed by atoms with Crippen LogP contribution in [0.1, 0.15) is 17.3 Å². The number of nitrogens with two attached hydrogens (primary N) is 1. The van der Waals surface area contributed by atoms with Crippen LogP contribution in [0, 0.1) is 0 Å². The van der Waals surface area contributed by atoms with Crippen molar-refractivity contribution in [3.05, 3.63) is 72.3 Å². The molecule has 3 aromatic rings. The van der Waals surface area contributed by atoms with Crippen LogP contribution in [0.3, 0.4) is 0 Å². The molecule has 0 spiro atoms. The van der Waals surface area contributed by atoms with Crippen molar-refractivity contribution < 1.29 is 18.4 Å². The second kappa shape index (κ2) is 8.65. The summed E-state index contributed by atoms with van der Waals surface area (Å²) in [5.74, 6) is -0.516. The number of rotatable bonds is 5. The quantitative estimate of drug-likeness (QED) is 0.279. The van der Waals surface area contributed by atoms with E-state index >= 15 is 0 Å². The fraction of sp³-hybridized carbons (Fsp3) is 0.0909. The Balaban J connectivity index is 1.51. The Labute approximate surface area is 190 Å². The first-order valence-corrected chi connectivity index (χ1v) is 12.0. The van der Waals surface area contributed by atoms with Gasteiger partial charge in [-0.15, -0.1) is 11.8 Å². The Hall–Kier alpha value is -3.34. The Morgan fingerprint density at radius 2 is 1.84 bits per heavy atom. The third-order valence-electron chi connectivity index (χ3n) is 4.75. The number of fused-ring (bicyclic) bond motifs is 1. The second-order valence-electron chi connectivity index (χ2n) is 7.19. The van der Waals surface area contributed by atoms with Crippen LogP contribution in [0.25, 0.3) is 0 Å². The predicted molar refractivity (Wildman–Crippen MR) is 128 cm³/mol. The molecule has 0 aromatic heterocycles. The molecule has 2 amide bonds. The molecular formula is C22H21N4O4S2+. The van der Waals surface area contributed by atoms with Crippen LogP contribution in [0.2, 0.25) is 0 Å². The smallest absolute Gasteiger partial charge is 0.346 e. The summed E-state index contributed by atoms with van der Waals surface area (Å²) in [7, 11) is -3.61. The third kappa shape index (κ3) is 4.77. The van der Waals surface area contributed by atoms with Crippen molar-refractivity contribution >= 4 is 56.7 Å². The fourth-order valence-electron chi connectivity index (χ4n) is 3.07. The van der Waals surface area contributed by atoms with Crippen LogP contribution in [-0.2, 0) is 19.4 Å². The van der Waals surface area contributed by atoms with Gasteiger partial charge in [-0.1, -0.05) is 6.07 Å². The molecule has 0 saturated heterocycles. The number of benzene rings is 3. The van der Waals surface area contributed by atoms with E-state index in [0.717, 1.165) is 4.90 Å². The molecule has 2 unspecified atom stereocenters. The first-order valence-electron chi connectivity index (χ1n) is 9.64. The number of hydrogen-bond acceptors (Lipinski definition) is 5. The van der Waals surface area contributed by atoms with Crippen molar-refractivity contribution in [3.8, 4) is 0 Å². The van der Waals surface area contributed by atoms with Crippen LogP contribution in [0.15, 0.2) is 76.5 Å². The van der Waals surface area contributed by atoms with E-state index in [1.807, 2.05) is 6.92 Å². The third-order valence-corrected chi connectivity index (χ3v) is 7.33. The van der Waals surface area contributed by atoms with E-state index in [-0.39, 0.29) is 16.1 Å². The number of hydrogen-bond donors (Lipinski definition) is 5. The van der Waals surface area contributed by atoms with Crippen LogP contribution in [-0.4, -0.2) is 21.6 Å². The van der Waals surface area contributed by atoms with E-state index in [0.29, 0.717) is 28.3 Å². The van der Waals surface area contributed by atoms with E-state index in [1.165, 1.54) is 23.9 Å². The molecule has 1 aliphatic rings. The zero-order valence-electron chi connectivity index (χ0n) is 17.0. The summed E-state index contributed by atoms with van der Waals surface area (Å²) < 4.78 is 25.9. The van der Waals surface area contributed by atoms with Crippen LogP contribution >= 0.6 is 11.8 Å². The minimum absolute atomic E-state index is 0.107. The lowest BCUT2D eigenvalue weighted by atomic mass is 10.1. The molecule has 2 atom stereocenters. The Kier molecular flexibility index (Phi) is 5.92. The summed E-state index contributed by atoms with van der Waals surface area (Å²) in [6.07, 6.45) is 0. The summed E-state index contributed by atoms with van der Waals surface area (Å²) in [4.78, 5) is 25.6. The van der Waals surface area contributed by atoms with Gasteiger partial charge in [0, 0.05) is 27.9 Å². The topological polar surface area (TPSA) is 134 Å². The van der Waals surface area contributed by atoms with Crippen LogP contribution < -0.4 is 21.1 Å². The summed E-state index contributed by atoms with van der Waals surface area (Å²) in [5.41, 5.74) is 7.92. The molecule has 0 bridgehead atoms. The fourth-order valence-corrected chi connectivity index (χ4v) is 5.12. The van der Waals surface area contributed by atoms with E-state index in [2.05, 4.69) is 15.4 Å². The lowest BCUT2D eigenvalue weighted by Gasteiger charge is -2.21. The molecule has 1 aliphatic heterocycles. The molecule has 3 aromatic carbocycles. The van der Waals surface area contributed by atoms with E-state index < -0.39 is 16.3 Å². The molecule has 0 aliphatic carbocycles. The van der Waals surface area contributed by atoms with Crippen molar-refractivity contribution in [2.24, 2.45) is 0 Å². The first-order chi connectivity index (χ1) is 15.2. The molecule has 32 heavy (non-hydrogen) atoms. The van der Waals surface area contributed by atoms with Gasteiger partial charge in [0.05, 0.1) is 16.6 Å². The number of carbonyl (C=O) groups excluding carboxylic acids is 2. The number of carbonyl (C=O) groups is 2. The SMILES string of the molecule is CC1Sc2ccc(C(=O)Nc3cccc([S+](=O)(O)Nc4ccc(N)cc4)c3)cc2NC1=O. The standard InChI is InChI=1S/C22H20N4O4S2/c1-13-21(27)25-19-11-14(5-10-20(19)31-13)22(28)24-17-3-2-4-18(12-17)32(29,30)26-16-8-6-15(23)7-9-16/h2-13H,23H2,1H3,(H3-,24,25,26,27,28,29,30)/p+1. The highest BCUT2D eigenvalue weighted by Gasteiger charge is 2.30. The zero-order valence-corrected chi connectivity index (χ0v) is 18.6. The van der Waals surface area contributed by atoms with Gasteiger partial charge in [-0.2, -0.15) is 9.27 Å². The summed E-state index contributed by atoms with van der Waals surface area (Å²) in [6.45, 7) is 1.82. The average Bonchev–Trinajstić information content (AvgIpc) is 2.76. The minimum Gasteiger partial charge on any atom is -0.399 e. The van der Waals surface area contributed by atoms with Gasteiger partial charge in [-0.05, 0) is 65.7 Å². The van der Waals surface area contributed by atoms with Gasteiger partial charge in [0.1, 0.15) is 0 Å². The molecule has 8 nitrogen and oxygen atoms in total. The highest BCUT2D eigenvalue weighted by atomic mass is 32.3. The van der Waals surface area contributed by atoms with Crippen molar-refractivity contribution in [1.82, 2.24) is 0 Å². The monoisotopic (exact) mass is 469 g/mol. The Morgan fingerprint density at radius 1 is 1.09 bits per heavy atom. The number of anilines is 4. The van der Waals surface area contributed by atoms with Crippen molar-refractivity contribution in [2.75, 3.05) is 21.1 Å². The highest BCUT2D eigenvalue weighted by Crippen LogP contribution is 2.36. The van der Waals surface area contributed by atoms with Crippen LogP contribution in [0.4, 0.5) is 22.7 Å². The summed E-state index contributed by atoms with van der Waals surface area (Å²) >= 11 is 1.43. The maximum absolute atomic E-state index is 12.8. The molecular weight excluding hydrogens is 448 g/mol. The largest absolute Gasteiger partial charge is 0.399 e. The van der Waals surface area contributed by atoms with Crippen molar-refractivity contribution in [2.45, 2.75) is 22.0 Å². The molecule has 164 valence electrons. The Morgan fingerprint density at radius 3 is 2.59 bits per heavy atom. The highest BCUT2D eigenvalue weighted by molar-refractivity contribution is 8.01. The maximum atomic E-state index is 12.8. The van der Waals surface area contributed by atoms with Crippen molar-refractivity contribution in [3.63, 3.8) is 0 Å². The maximum Gasteiger partial charge on any atom is 0.346 e. The summed E-state index contributed by atoms with van der Waals surface area (Å²) in [6, 6.07) is 17.7. The number of thioether (sulfide) groups is 1. The van der Waals surface area contributed by atoms with Gasteiger partial charge in [0.2, 0.25) is 10.8 Å². The van der Waals surface area contributed by atoms with Gasteiger partial charge in [0.25, 0.3) is 5.91 Å². The van der Waals surface area contributed by atoms with Crippen LogP contribution in [0.5, 0.6) is 0 Å². The van der Waals surface area contributed by atoms with E-state index in [9.17, 15) is 18.4 Å². The molecule has 6 N–H and O–H groups in total. The minimum atomic E-state index is -3.61. The molecule has 4 rings (SSSR count). The molecule has 0 fully saturated rings. The number of nitrogens with one attached hydrogen (secondary N) is 3. The van der Waals surface area contributed by atoms with Gasteiger partial charge in [-0.3, -0.25) is 9.59 Å². The molecule has 10 heteroatoms. The average molecular weight is 470 g/mol. The summed E-state index contributed by atoms with van der Waals surface area (Å²) in [5, 5.41) is 5.33. The zero-order chi connectivity index (χ0) is 22.9. The lowest BCUT2D eigenvalue weighted by molar-refractivity contribution is -0.115. The molecule has 0 radical (unpaired) electrons. The van der Waals surface area contributed by atoms with Gasteiger partial charge < -0.3 is 16.4 Å². The van der Waals surface area contributed by atoms with Gasteiger partial charge in [0.15, 0.2) is 0 Å². The lowest BCUT2D eigenvalue weighted by Crippen LogP contribution is -2.26. The van der Waals surface area contributed by atoms with Crippen molar-refractivity contribution in [1.29, 1.82) is 0 Å². The normalized spacial score (nSPS) is 16.9. The Bertz CT molecular complexity index is 1250.